The van der Waals surface area contributed by atoms with Gasteiger partial charge in [-0.15, -0.1) is 0 Å². The van der Waals surface area contributed by atoms with Gasteiger partial charge in [-0.25, -0.2) is 17.9 Å². The van der Waals surface area contributed by atoms with Crippen molar-refractivity contribution in [3.05, 3.63) is 83.4 Å². The average molecular weight is 531 g/mol. The molecule has 3 aromatic rings. The number of nitrogens with one attached hydrogen (secondary N) is 3. The molecule has 4 rings (SSSR count). The molecule has 3 N–H and O–H groups in total. The summed E-state index contributed by atoms with van der Waals surface area (Å²) < 4.78 is 26.7. The van der Waals surface area contributed by atoms with Crippen molar-refractivity contribution in [3.8, 4) is 0 Å². The molecule has 1 heterocycles. The Morgan fingerprint density at radius 1 is 1.00 bits per heavy atom. The number of carbonyl (C=O) groups is 2. The van der Waals surface area contributed by atoms with Gasteiger partial charge in [-0.3, -0.25) is 4.79 Å². The first-order valence-electron chi connectivity index (χ1n) is 11.8. The van der Waals surface area contributed by atoms with Crippen LogP contribution in [-0.4, -0.2) is 62.5 Å². The molecule has 0 saturated carbocycles. The fraction of sp³-hybridized carbons (Fsp3) is 0.259. The third-order valence-corrected chi connectivity index (χ3v) is 7.50. The number of hydrogen-bond donors (Lipinski definition) is 3. The van der Waals surface area contributed by atoms with Crippen LogP contribution < -0.4 is 20.3 Å². The minimum atomic E-state index is -3.92. The third kappa shape index (κ3) is 6.73. The quantitative estimate of drug-likeness (QED) is 0.299. The Morgan fingerprint density at radius 2 is 1.68 bits per heavy atom. The van der Waals surface area contributed by atoms with Gasteiger partial charge in [0.2, 0.25) is 0 Å². The molecular formula is C27H31N4NaO4S. The Balaban J connectivity index is 0.00000380. The predicted molar refractivity (Wildman–Crippen MR) is 148 cm³/mol. The zero-order valence-electron chi connectivity index (χ0n) is 20.5. The Hall–Kier alpha value is -2.85. The molecule has 0 radical (unpaired) electrons. The van der Waals surface area contributed by atoms with Crippen molar-refractivity contribution in [2.75, 3.05) is 16.8 Å². The molecule has 0 aliphatic carbocycles. The Labute approximate surface area is 240 Å². The monoisotopic (exact) mass is 530 g/mol. The van der Waals surface area contributed by atoms with E-state index in [1.165, 1.54) is 12.1 Å². The van der Waals surface area contributed by atoms with E-state index in [1.807, 2.05) is 54.1 Å². The molecule has 0 saturated heterocycles. The van der Waals surface area contributed by atoms with Crippen molar-refractivity contribution < 1.29 is 18.0 Å². The minimum absolute atomic E-state index is 0. The number of hydrogen-bond acceptors (Lipinski definition) is 6. The Bertz CT molecular complexity index is 1380. The molecule has 190 valence electrons. The summed E-state index contributed by atoms with van der Waals surface area (Å²) in [4.78, 5) is 26.3. The number of nitrogens with zero attached hydrogens (tertiary/aromatic N) is 1. The molecule has 1 aliphatic heterocycles. The van der Waals surface area contributed by atoms with Gasteiger partial charge in [-0.2, -0.15) is 0 Å². The van der Waals surface area contributed by atoms with E-state index in [-0.39, 0.29) is 52.9 Å². The van der Waals surface area contributed by atoms with Gasteiger partial charge in [-0.1, -0.05) is 36.8 Å². The first kappa shape index (κ1) is 28.7. The van der Waals surface area contributed by atoms with Crippen LogP contribution in [0.25, 0.3) is 0 Å². The number of carbonyl (C=O) groups excluding carboxylic acids is 2. The van der Waals surface area contributed by atoms with Crippen molar-refractivity contribution >= 4 is 68.5 Å². The zero-order chi connectivity index (χ0) is 25.9. The Kier molecular flexibility index (Phi) is 9.41. The first-order chi connectivity index (χ1) is 17.2. The summed E-state index contributed by atoms with van der Waals surface area (Å²) >= 11 is 0. The second-order valence-electron chi connectivity index (χ2n) is 8.82. The van der Waals surface area contributed by atoms with Gasteiger partial charge in [0.25, 0.3) is 10.0 Å². The normalized spacial score (nSPS) is 14.2. The van der Waals surface area contributed by atoms with Crippen molar-refractivity contribution in [3.63, 3.8) is 0 Å². The number of benzene rings is 3. The summed E-state index contributed by atoms with van der Waals surface area (Å²) in [7, 11) is -3.92. The maximum atomic E-state index is 12.3. The summed E-state index contributed by atoms with van der Waals surface area (Å²) in [6.07, 6.45) is 1.49. The van der Waals surface area contributed by atoms with Crippen LogP contribution in [-0.2, 0) is 16.4 Å². The van der Waals surface area contributed by atoms with Crippen LogP contribution in [0.4, 0.5) is 21.9 Å². The molecule has 0 spiro atoms. The molecule has 3 aromatic carbocycles. The number of aryl methyl sites for hydroxylation is 1. The number of urea groups is 1. The van der Waals surface area contributed by atoms with E-state index in [0.29, 0.717) is 12.0 Å². The second kappa shape index (κ2) is 12.1. The van der Waals surface area contributed by atoms with Gasteiger partial charge in [0, 0.05) is 17.8 Å². The number of rotatable bonds is 8. The molecular weight excluding hydrogens is 499 g/mol. The second-order valence-corrected chi connectivity index (χ2v) is 10.5. The number of anilines is 3. The van der Waals surface area contributed by atoms with Crippen LogP contribution in [0.3, 0.4) is 0 Å². The van der Waals surface area contributed by atoms with Crippen LogP contribution >= 0.6 is 0 Å². The van der Waals surface area contributed by atoms with Gasteiger partial charge in [0.15, 0.2) is 5.78 Å². The molecule has 10 heteroatoms. The van der Waals surface area contributed by atoms with Gasteiger partial charge < -0.3 is 15.5 Å². The fourth-order valence-electron chi connectivity index (χ4n) is 4.17. The molecule has 1 atom stereocenters. The van der Waals surface area contributed by atoms with Crippen molar-refractivity contribution in [2.45, 2.75) is 44.7 Å². The molecule has 8 nitrogen and oxygen atoms in total. The van der Waals surface area contributed by atoms with Crippen molar-refractivity contribution in [1.29, 1.82) is 0 Å². The van der Waals surface area contributed by atoms with Crippen LogP contribution in [0.2, 0.25) is 0 Å². The van der Waals surface area contributed by atoms with Gasteiger partial charge in [0.1, 0.15) is 6.17 Å². The summed E-state index contributed by atoms with van der Waals surface area (Å²) in [6, 6.07) is 19.2. The molecule has 1 unspecified atom stereocenters. The summed E-state index contributed by atoms with van der Waals surface area (Å²) in [6.45, 7) is 5.80. The number of fused-ring (bicyclic) bond motifs is 1. The number of amides is 2. The van der Waals surface area contributed by atoms with E-state index in [2.05, 4.69) is 22.5 Å². The number of sulfonamides is 1. The van der Waals surface area contributed by atoms with Gasteiger partial charge >= 0.3 is 35.6 Å². The van der Waals surface area contributed by atoms with Crippen molar-refractivity contribution in [1.82, 2.24) is 10.0 Å². The topological polar surface area (TPSA) is 108 Å². The van der Waals surface area contributed by atoms with Crippen LogP contribution in [0.15, 0.2) is 71.6 Å². The molecule has 1 aliphatic rings. The van der Waals surface area contributed by atoms with Gasteiger partial charge in [0.05, 0.1) is 16.3 Å². The van der Waals surface area contributed by atoms with E-state index in [1.54, 1.807) is 19.1 Å². The van der Waals surface area contributed by atoms with E-state index < -0.39 is 16.1 Å². The van der Waals surface area contributed by atoms with E-state index in [4.69, 9.17) is 0 Å². The molecule has 0 bridgehead atoms. The standard InChI is InChI=1S/C27H30N4O4S.Na.H/c1-4-26-29-24-14-9-21(19(3)32)17-25(24)31(26)22-10-7-20(8-11-22)15-16-28-27(33)30-36(34,35)23-12-5-18(2)6-13-23;;/h5-14,17,26,29H,4,15-16H2,1-3H3,(H2,28,30,33);;. The van der Waals surface area contributed by atoms with Crippen LogP contribution in [0.5, 0.6) is 0 Å². The summed E-state index contributed by atoms with van der Waals surface area (Å²) in [5, 5.41) is 6.11. The third-order valence-electron chi connectivity index (χ3n) is 6.16. The summed E-state index contributed by atoms with van der Waals surface area (Å²) in [5.41, 5.74) is 5.55. The Morgan fingerprint density at radius 3 is 2.30 bits per heavy atom. The van der Waals surface area contributed by atoms with Crippen LogP contribution in [0, 0.1) is 6.92 Å². The van der Waals surface area contributed by atoms with E-state index in [9.17, 15) is 18.0 Å². The number of ketones is 1. The van der Waals surface area contributed by atoms with Crippen LogP contribution in [0.1, 0.15) is 41.8 Å². The van der Waals surface area contributed by atoms with E-state index >= 15 is 0 Å². The van der Waals surface area contributed by atoms with E-state index in [0.717, 1.165) is 34.6 Å². The molecule has 0 aromatic heterocycles. The average Bonchev–Trinajstić information content (AvgIpc) is 3.22. The summed E-state index contributed by atoms with van der Waals surface area (Å²) in [5.74, 6) is 0.0243. The zero-order valence-corrected chi connectivity index (χ0v) is 21.4. The first-order valence-corrected chi connectivity index (χ1v) is 13.3. The number of Topliss-reactive ketones (excluding diaryl/α,β-unsaturated/α-hetero) is 1. The van der Waals surface area contributed by atoms with Crippen molar-refractivity contribution in [2.24, 2.45) is 0 Å². The fourth-order valence-corrected chi connectivity index (χ4v) is 5.09. The van der Waals surface area contributed by atoms with Gasteiger partial charge in [-0.05, 0) is 74.7 Å². The molecule has 0 fully saturated rings. The molecule has 2 amide bonds. The predicted octanol–water partition coefficient (Wildman–Crippen LogP) is 4.08. The maximum absolute atomic E-state index is 12.3. The molecule has 37 heavy (non-hydrogen) atoms. The SMILES string of the molecule is CCC1Nc2ccc(C(C)=O)cc2N1c1ccc(CCNC(=O)NS(=O)(=O)c2ccc(C)cc2)cc1.[NaH].